The van der Waals surface area contributed by atoms with Crippen molar-refractivity contribution in [1.82, 2.24) is 20.0 Å². The fourth-order valence-corrected chi connectivity index (χ4v) is 2.39. The summed E-state index contributed by atoms with van der Waals surface area (Å²) in [5.41, 5.74) is 0. The van der Waals surface area contributed by atoms with Crippen LogP contribution < -0.4 is 5.32 Å². The van der Waals surface area contributed by atoms with Crippen molar-refractivity contribution in [3.05, 3.63) is 18.5 Å². The highest BCUT2D eigenvalue weighted by atomic mass is 15.3. The standard InChI is InChI=1S/C12H22N4/c1-2-13-12-5-3-7-15(11-12)9-10-16-8-4-6-14-16/h4,6,8,12-13H,2-3,5,7,9-11H2,1H3. The van der Waals surface area contributed by atoms with Gasteiger partial charge in [0.2, 0.25) is 0 Å². The molecule has 0 saturated carbocycles. The number of hydrogen-bond acceptors (Lipinski definition) is 3. The molecular weight excluding hydrogens is 200 g/mol. The molecule has 0 aromatic carbocycles. The summed E-state index contributed by atoms with van der Waals surface area (Å²) < 4.78 is 2.01. The van der Waals surface area contributed by atoms with Crippen LogP contribution in [-0.4, -0.2) is 46.9 Å². The Morgan fingerprint density at radius 3 is 3.12 bits per heavy atom. The maximum absolute atomic E-state index is 4.23. The Bertz CT molecular complexity index is 281. The third kappa shape index (κ3) is 3.32. The maximum Gasteiger partial charge on any atom is 0.0536 e. The van der Waals surface area contributed by atoms with Crippen molar-refractivity contribution in [3.8, 4) is 0 Å². The molecule has 2 heterocycles. The van der Waals surface area contributed by atoms with Crippen molar-refractivity contribution in [2.75, 3.05) is 26.2 Å². The molecule has 0 radical (unpaired) electrons. The van der Waals surface area contributed by atoms with E-state index in [1.54, 1.807) is 0 Å². The Labute approximate surface area is 97.6 Å². The van der Waals surface area contributed by atoms with E-state index >= 15 is 0 Å². The summed E-state index contributed by atoms with van der Waals surface area (Å²) in [6.07, 6.45) is 6.52. The molecule has 1 aliphatic heterocycles. The van der Waals surface area contributed by atoms with Crippen LogP contribution in [-0.2, 0) is 6.54 Å². The topological polar surface area (TPSA) is 33.1 Å². The zero-order valence-electron chi connectivity index (χ0n) is 10.1. The second kappa shape index (κ2) is 6.01. The maximum atomic E-state index is 4.23. The summed E-state index contributed by atoms with van der Waals surface area (Å²) in [7, 11) is 0. The normalized spacial score (nSPS) is 22.4. The van der Waals surface area contributed by atoms with Gasteiger partial charge in [0.25, 0.3) is 0 Å². The summed E-state index contributed by atoms with van der Waals surface area (Å²) in [5.74, 6) is 0. The Morgan fingerprint density at radius 2 is 2.38 bits per heavy atom. The molecule has 1 N–H and O–H groups in total. The molecule has 0 amide bonds. The van der Waals surface area contributed by atoms with Gasteiger partial charge in [0.1, 0.15) is 0 Å². The van der Waals surface area contributed by atoms with Crippen LogP contribution in [0.4, 0.5) is 0 Å². The number of piperidine rings is 1. The first-order valence-corrected chi connectivity index (χ1v) is 6.31. The monoisotopic (exact) mass is 222 g/mol. The molecule has 1 unspecified atom stereocenters. The van der Waals surface area contributed by atoms with Gasteiger partial charge in [-0.25, -0.2) is 0 Å². The van der Waals surface area contributed by atoms with Crippen LogP contribution in [0.1, 0.15) is 19.8 Å². The first-order valence-electron chi connectivity index (χ1n) is 6.31. The van der Waals surface area contributed by atoms with Crippen LogP contribution in [0.2, 0.25) is 0 Å². The lowest BCUT2D eigenvalue weighted by Gasteiger charge is -2.33. The smallest absolute Gasteiger partial charge is 0.0536 e. The molecule has 1 aromatic rings. The molecule has 4 nitrogen and oxygen atoms in total. The number of nitrogens with one attached hydrogen (secondary N) is 1. The van der Waals surface area contributed by atoms with Gasteiger partial charge in [0.05, 0.1) is 6.54 Å². The fraction of sp³-hybridized carbons (Fsp3) is 0.750. The number of likely N-dealkylation sites (tertiary alicyclic amines) is 1. The van der Waals surface area contributed by atoms with Gasteiger partial charge in [-0.1, -0.05) is 6.92 Å². The minimum absolute atomic E-state index is 0.691. The molecule has 1 fully saturated rings. The molecule has 1 aliphatic rings. The number of nitrogens with zero attached hydrogens (tertiary/aromatic N) is 3. The van der Waals surface area contributed by atoms with Gasteiger partial charge in [-0.15, -0.1) is 0 Å². The van der Waals surface area contributed by atoms with Gasteiger partial charge in [-0.05, 0) is 32.0 Å². The largest absolute Gasteiger partial charge is 0.313 e. The molecule has 16 heavy (non-hydrogen) atoms. The lowest BCUT2D eigenvalue weighted by Crippen LogP contribution is -2.46. The second-order valence-electron chi connectivity index (χ2n) is 4.47. The van der Waals surface area contributed by atoms with Gasteiger partial charge in [-0.2, -0.15) is 5.10 Å². The molecule has 0 bridgehead atoms. The lowest BCUT2D eigenvalue weighted by atomic mass is 10.1. The molecule has 0 spiro atoms. The van der Waals surface area contributed by atoms with Gasteiger partial charge < -0.3 is 5.32 Å². The van der Waals surface area contributed by atoms with E-state index in [0.717, 1.165) is 19.6 Å². The van der Waals surface area contributed by atoms with Crippen LogP contribution >= 0.6 is 0 Å². The van der Waals surface area contributed by atoms with Gasteiger partial charge in [-0.3, -0.25) is 9.58 Å². The van der Waals surface area contributed by atoms with E-state index in [1.807, 2.05) is 23.1 Å². The number of hydrogen-bond donors (Lipinski definition) is 1. The molecule has 1 saturated heterocycles. The highest BCUT2D eigenvalue weighted by Gasteiger charge is 2.18. The van der Waals surface area contributed by atoms with Crippen molar-refractivity contribution < 1.29 is 0 Å². The Hall–Kier alpha value is -0.870. The summed E-state index contributed by atoms with van der Waals surface area (Å²) >= 11 is 0. The molecule has 4 heteroatoms. The van der Waals surface area contributed by atoms with E-state index in [2.05, 4.69) is 22.2 Å². The highest BCUT2D eigenvalue weighted by molar-refractivity contribution is 4.80. The van der Waals surface area contributed by atoms with Crippen molar-refractivity contribution in [3.63, 3.8) is 0 Å². The van der Waals surface area contributed by atoms with E-state index < -0.39 is 0 Å². The number of rotatable bonds is 5. The van der Waals surface area contributed by atoms with Crippen LogP contribution in [0.15, 0.2) is 18.5 Å². The molecule has 0 aliphatic carbocycles. The molecule has 1 aromatic heterocycles. The average Bonchev–Trinajstić information content (AvgIpc) is 2.80. The summed E-state index contributed by atoms with van der Waals surface area (Å²) in [4.78, 5) is 2.54. The second-order valence-corrected chi connectivity index (χ2v) is 4.47. The van der Waals surface area contributed by atoms with Crippen molar-refractivity contribution in [2.24, 2.45) is 0 Å². The molecule has 2 rings (SSSR count). The van der Waals surface area contributed by atoms with Gasteiger partial charge in [0.15, 0.2) is 0 Å². The van der Waals surface area contributed by atoms with Crippen LogP contribution in [0, 0.1) is 0 Å². The quantitative estimate of drug-likeness (QED) is 0.805. The van der Waals surface area contributed by atoms with Gasteiger partial charge in [0, 0.05) is 31.5 Å². The fourth-order valence-electron chi connectivity index (χ4n) is 2.39. The van der Waals surface area contributed by atoms with Crippen molar-refractivity contribution in [1.29, 1.82) is 0 Å². The third-order valence-corrected chi connectivity index (χ3v) is 3.20. The number of likely N-dealkylation sites (N-methyl/N-ethyl adjacent to an activating group) is 1. The zero-order chi connectivity index (χ0) is 11.2. The molecule has 90 valence electrons. The zero-order valence-corrected chi connectivity index (χ0v) is 10.1. The summed E-state index contributed by atoms with van der Waals surface area (Å²) in [6.45, 7) is 7.81. The molecule has 1 atom stereocenters. The Balaban J connectivity index is 1.72. The Kier molecular flexibility index (Phi) is 4.36. The van der Waals surface area contributed by atoms with E-state index in [4.69, 9.17) is 0 Å². The first kappa shape index (κ1) is 11.6. The predicted molar refractivity (Wildman–Crippen MR) is 65.4 cm³/mol. The highest BCUT2D eigenvalue weighted by Crippen LogP contribution is 2.09. The molecular formula is C12H22N4. The Morgan fingerprint density at radius 1 is 1.44 bits per heavy atom. The number of aromatic nitrogens is 2. The van der Waals surface area contributed by atoms with E-state index in [0.29, 0.717) is 6.04 Å². The minimum Gasteiger partial charge on any atom is -0.313 e. The van der Waals surface area contributed by atoms with Gasteiger partial charge >= 0.3 is 0 Å². The van der Waals surface area contributed by atoms with Crippen LogP contribution in [0.5, 0.6) is 0 Å². The predicted octanol–water partition coefficient (Wildman–Crippen LogP) is 0.957. The van der Waals surface area contributed by atoms with E-state index in [9.17, 15) is 0 Å². The van der Waals surface area contributed by atoms with Crippen LogP contribution in [0.25, 0.3) is 0 Å². The van der Waals surface area contributed by atoms with E-state index in [-0.39, 0.29) is 0 Å². The lowest BCUT2D eigenvalue weighted by molar-refractivity contribution is 0.184. The van der Waals surface area contributed by atoms with E-state index in [1.165, 1.54) is 25.9 Å². The van der Waals surface area contributed by atoms with Crippen molar-refractivity contribution in [2.45, 2.75) is 32.4 Å². The third-order valence-electron chi connectivity index (χ3n) is 3.20. The van der Waals surface area contributed by atoms with Crippen LogP contribution in [0.3, 0.4) is 0 Å². The first-order chi connectivity index (χ1) is 7.88. The average molecular weight is 222 g/mol. The SMILES string of the molecule is CCNC1CCCN(CCn2cccn2)C1. The van der Waals surface area contributed by atoms with Crippen molar-refractivity contribution >= 4 is 0 Å². The summed E-state index contributed by atoms with van der Waals surface area (Å²) in [5, 5.41) is 7.77. The summed E-state index contributed by atoms with van der Waals surface area (Å²) in [6, 6.07) is 2.67. The minimum atomic E-state index is 0.691.